The Labute approximate surface area is 114 Å². The lowest BCUT2D eigenvalue weighted by atomic mass is 9.98. The van der Waals surface area contributed by atoms with Gasteiger partial charge in [-0.2, -0.15) is 0 Å². The molecule has 0 atom stereocenters. The van der Waals surface area contributed by atoms with Gasteiger partial charge in [0.1, 0.15) is 0 Å². The van der Waals surface area contributed by atoms with Gasteiger partial charge in [-0.3, -0.25) is 5.32 Å². The number of halogens is 1. The van der Waals surface area contributed by atoms with Crippen LogP contribution in [-0.2, 0) is 6.42 Å². The molecule has 0 bridgehead atoms. The smallest absolute Gasteiger partial charge is 0.408 e. The van der Waals surface area contributed by atoms with Crippen LogP contribution >= 0.6 is 15.9 Å². The highest BCUT2D eigenvalue weighted by atomic mass is 79.9. The average Bonchev–Trinajstić information content (AvgIpc) is 2.34. The summed E-state index contributed by atoms with van der Waals surface area (Å²) >= 11 is 3.40. The van der Waals surface area contributed by atoms with Gasteiger partial charge in [0.15, 0.2) is 0 Å². The Morgan fingerprint density at radius 3 is 2.78 bits per heavy atom. The van der Waals surface area contributed by atoms with Crippen LogP contribution in [0.5, 0.6) is 0 Å². The van der Waals surface area contributed by atoms with E-state index in [-0.39, 0.29) is 0 Å². The molecule has 1 amide bonds. The van der Waals surface area contributed by atoms with Crippen LogP contribution in [-0.4, -0.2) is 24.3 Å². The zero-order chi connectivity index (χ0) is 13.0. The molecule has 2 rings (SSSR count). The molecule has 1 aliphatic rings. The lowest BCUT2D eigenvalue weighted by Crippen LogP contribution is -2.34. The lowest BCUT2D eigenvalue weighted by molar-refractivity contribution is 0.197. The van der Waals surface area contributed by atoms with Gasteiger partial charge in [-0.15, -0.1) is 0 Å². The number of benzene rings is 1. The largest absolute Gasteiger partial charge is 0.465 e. The van der Waals surface area contributed by atoms with Crippen molar-refractivity contribution in [3.05, 3.63) is 45.6 Å². The van der Waals surface area contributed by atoms with E-state index in [2.05, 4.69) is 38.7 Å². The summed E-state index contributed by atoms with van der Waals surface area (Å²) in [6.45, 7) is 1.49. The first-order chi connectivity index (χ1) is 8.65. The van der Waals surface area contributed by atoms with E-state index in [9.17, 15) is 4.79 Å². The first-order valence-electron chi connectivity index (χ1n) is 5.81. The molecule has 3 N–H and O–H groups in total. The van der Waals surface area contributed by atoms with Gasteiger partial charge >= 0.3 is 6.09 Å². The summed E-state index contributed by atoms with van der Waals surface area (Å²) in [5.74, 6) is 0. The molecule has 0 aliphatic carbocycles. The Morgan fingerprint density at radius 2 is 2.11 bits per heavy atom. The Hall–Kier alpha value is -1.33. The standard InChI is InChI=1S/C13H15BrN2O2/c14-11-3-1-9(2-4-11)7-10-5-6-15-8-12(10)16-13(17)18/h1-4,15-16H,5-8H2,(H,17,18). The van der Waals surface area contributed by atoms with Crippen molar-refractivity contribution < 1.29 is 9.90 Å². The van der Waals surface area contributed by atoms with Gasteiger partial charge in [0.05, 0.1) is 0 Å². The lowest BCUT2D eigenvalue weighted by Gasteiger charge is -2.21. The number of carbonyl (C=O) groups is 1. The number of amides is 1. The van der Waals surface area contributed by atoms with Gasteiger partial charge in [-0.25, -0.2) is 4.79 Å². The maximum absolute atomic E-state index is 10.7. The van der Waals surface area contributed by atoms with Crippen LogP contribution in [0.3, 0.4) is 0 Å². The molecule has 1 heterocycles. The molecule has 96 valence electrons. The molecule has 18 heavy (non-hydrogen) atoms. The fourth-order valence-corrected chi connectivity index (χ4v) is 2.30. The molecule has 5 heteroatoms. The molecule has 1 aromatic carbocycles. The van der Waals surface area contributed by atoms with E-state index in [1.165, 1.54) is 11.1 Å². The molecule has 0 radical (unpaired) electrons. The molecule has 1 aliphatic heterocycles. The van der Waals surface area contributed by atoms with Crippen LogP contribution in [0.25, 0.3) is 0 Å². The second-order valence-corrected chi connectivity index (χ2v) is 5.16. The molecule has 0 unspecified atom stereocenters. The van der Waals surface area contributed by atoms with E-state index >= 15 is 0 Å². The van der Waals surface area contributed by atoms with Gasteiger partial charge in [-0.05, 0) is 42.7 Å². The number of nitrogens with one attached hydrogen (secondary N) is 2. The number of hydrogen-bond acceptors (Lipinski definition) is 2. The monoisotopic (exact) mass is 310 g/mol. The molecule has 0 saturated carbocycles. The van der Waals surface area contributed by atoms with Crippen molar-refractivity contribution >= 4 is 22.0 Å². The molecule has 1 aromatic rings. The molecule has 0 aromatic heterocycles. The summed E-state index contributed by atoms with van der Waals surface area (Å²) in [4.78, 5) is 10.7. The summed E-state index contributed by atoms with van der Waals surface area (Å²) in [5.41, 5.74) is 3.15. The van der Waals surface area contributed by atoms with Gasteiger partial charge in [-0.1, -0.05) is 28.1 Å². The third-order valence-corrected chi connectivity index (χ3v) is 3.45. The quantitative estimate of drug-likeness (QED) is 0.804. The van der Waals surface area contributed by atoms with E-state index < -0.39 is 6.09 Å². The Kier molecular flexibility index (Phi) is 4.38. The minimum Gasteiger partial charge on any atom is -0.465 e. The molecule has 0 spiro atoms. The second-order valence-electron chi connectivity index (χ2n) is 4.24. The third-order valence-electron chi connectivity index (χ3n) is 2.92. The van der Waals surface area contributed by atoms with Crippen molar-refractivity contribution in [1.82, 2.24) is 10.6 Å². The fraction of sp³-hybridized carbons (Fsp3) is 0.308. The molecule has 0 fully saturated rings. The summed E-state index contributed by atoms with van der Waals surface area (Å²) in [7, 11) is 0. The van der Waals surface area contributed by atoms with Gasteiger partial charge < -0.3 is 10.4 Å². The third kappa shape index (κ3) is 3.58. The predicted molar refractivity (Wildman–Crippen MR) is 73.5 cm³/mol. The molecular weight excluding hydrogens is 296 g/mol. The molecule has 4 nitrogen and oxygen atoms in total. The van der Waals surface area contributed by atoms with Crippen molar-refractivity contribution in [3.63, 3.8) is 0 Å². The van der Waals surface area contributed by atoms with Crippen LogP contribution < -0.4 is 10.6 Å². The minimum atomic E-state index is -0.998. The highest BCUT2D eigenvalue weighted by Crippen LogP contribution is 2.18. The maximum Gasteiger partial charge on any atom is 0.408 e. The zero-order valence-corrected chi connectivity index (χ0v) is 11.5. The summed E-state index contributed by atoms with van der Waals surface area (Å²) < 4.78 is 1.05. The van der Waals surface area contributed by atoms with E-state index in [4.69, 9.17) is 5.11 Å². The highest BCUT2D eigenvalue weighted by molar-refractivity contribution is 9.10. The van der Waals surface area contributed by atoms with Gasteiger partial charge in [0, 0.05) is 16.7 Å². The topological polar surface area (TPSA) is 61.4 Å². The van der Waals surface area contributed by atoms with E-state index in [1.54, 1.807) is 0 Å². The number of carboxylic acid groups (broad SMARTS) is 1. The van der Waals surface area contributed by atoms with Gasteiger partial charge in [0.25, 0.3) is 0 Å². The number of hydrogen-bond donors (Lipinski definition) is 3. The Balaban J connectivity index is 2.15. The molecule has 0 saturated heterocycles. The second kappa shape index (κ2) is 6.02. The van der Waals surface area contributed by atoms with E-state index in [0.717, 1.165) is 29.6 Å². The Bertz CT molecular complexity index is 468. The summed E-state index contributed by atoms with van der Waals surface area (Å²) in [6.07, 6.45) is 0.679. The highest BCUT2D eigenvalue weighted by Gasteiger charge is 2.14. The van der Waals surface area contributed by atoms with Crippen molar-refractivity contribution in [1.29, 1.82) is 0 Å². The van der Waals surface area contributed by atoms with Crippen LogP contribution in [0.1, 0.15) is 12.0 Å². The van der Waals surface area contributed by atoms with Crippen molar-refractivity contribution in [3.8, 4) is 0 Å². The van der Waals surface area contributed by atoms with Crippen LogP contribution in [0.2, 0.25) is 0 Å². The van der Waals surface area contributed by atoms with E-state index in [1.807, 2.05) is 12.1 Å². The minimum absolute atomic E-state index is 0.595. The van der Waals surface area contributed by atoms with E-state index in [0.29, 0.717) is 6.54 Å². The fourth-order valence-electron chi connectivity index (χ4n) is 2.03. The Morgan fingerprint density at radius 1 is 1.39 bits per heavy atom. The summed E-state index contributed by atoms with van der Waals surface area (Å²) in [5, 5.41) is 14.5. The first-order valence-corrected chi connectivity index (χ1v) is 6.60. The maximum atomic E-state index is 10.7. The van der Waals surface area contributed by atoms with Gasteiger partial charge in [0.2, 0.25) is 0 Å². The predicted octanol–water partition coefficient (Wildman–Crippen LogP) is 2.51. The zero-order valence-electron chi connectivity index (χ0n) is 9.87. The van der Waals surface area contributed by atoms with Crippen molar-refractivity contribution in [2.45, 2.75) is 12.8 Å². The van der Waals surface area contributed by atoms with Crippen molar-refractivity contribution in [2.24, 2.45) is 0 Å². The molecular formula is C13H15BrN2O2. The van der Waals surface area contributed by atoms with Crippen LogP contribution in [0, 0.1) is 0 Å². The van der Waals surface area contributed by atoms with Crippen LogP contribution in [0.4, 0.5) is 4.79 Å². The normalized spacial score (nSPS) is 15.6. The van der Waals surface area contributed by atoms with Crippen LogP contribution in [0.15, 0.2) is 40.0 Å². The average molecular weight is 311 g/mol. The summed E-state index contributed by atoms with van der Waals surface area (Å²) in [6, 6.07) is 8.11. The first kappa shape index (κ1) is 13.1. The number of rotatable bonds is 3. The SMILES string of the molecule is O=C(O)NC1=C(Cc2ccc(Br)cc2)CCNC1. The van der Waals surface area contributed by atoms with Crippen molar-refractivity contribution in [2.75, 3.05) is 13.1 Å².